The largest absolute Gasteiger partial charge is 0.496 e. The summed E-state index contributed by atoms with van der Waals surface area (Å²) in [6, 6.07) is 7.76. The summed E-state index contributed by atoms with van der Waals surface area (Å²) in [7, 11) is 1.55. The van der Waals surface area contributed by atoms with Gasteiger partial charge >= 0.3 is 0 Å². The predicted molar refractivity (Wildman–Crippen MR) is 135 cm³/mol. The van der Waals surface area contributed by atoms with Gasteiger partial charge in [-0.05, 0) is 77.1 Å². The van der Waals surface area contributed by atoms with Gasteiger partial charge in [0.15, 0.2) is 0 Å². The van der Waals surface area contributed by atoms with E-state index < -0.39 is 5.82 Å². The standard InChI is InChI=1S/C26H28FNO2S2/c1-14-11-17-18(26(4,5)10-9-25(17,2)3)13-16(14)21-19(30-6)8-7-15(22(21)27)12-20-23(29)28-24(31)32-20/h7-8,11-13H,9-10H2,1-6H3,(H,28,29,31)/b20-12+. The molecule has 2 aromatic rings. The summed E-state index contributed by atoms with van der Waals surface area (Å²) >= 11 is 6.20. The van der Waals surface area contributed by atoms with E-state index in [1.54, 1.807) is 25.3 Å². The average molecular weight is 470 g/mol. The normalized spacial score (nSPS) is 20.3. The second-order valence-corrected chi connectivity index (χ2v) is 11.6. The van der Waals surface area contributed by atoms with Crippen molar-refractivity contribution in [1.29, 1.82) is 0 Å². The van der Waals surface area contributed by atoms with Crippen LogP contribution in [0.25, 0.3) is 17.2 Å². The van der Waals surface area contributed by atoms with E-state index in [1.165, 1.54) is 11.1 Å². The third-order valence-electron chi connectivity index (χ3n) is 6.75. The number of hydrogen-bond donors (Lipinski definition) is 1. The molecule has 2 aromatic carbocycles. The van der Waals surface area contributed by atoms with Crippen LogP contribution in [-0.4, -0.2) is 17.3 Å². The lowest BCUT2D eigenvalue weighted by molar-refractivity contribution is -0.115. The zero-order valence-corrected chi connectivity index (χ0v) is 20.9. The van der Waals surface area contributed by atoms with Crippen LogP contribution in [0, 0.1) is 12.7 Å². The Labute approximate surface area is 198 Å². The Hall–Kier alpha value is -2.18. The number of thioether (sulfide) groups is 1. The maximum Gasteiger partial charge on any atom is 0.263 e. The highest BCUT2D eigenvalue weighted by Gasteiger charge is 2.38. The molecule has 0 saturated carbocycles. The average Bonchev–Trinajstić information content (AvgIpc) is 3.04. The third-order valence-corrected chi connectivity index (χ3v) is 7.91. The van der Waals surface area contributed by atoms with Crippen LogP contribution in [-0.2, 0) is 15.6 Å². The van der Waals surface area contributed by atoms with Crippen molar-refractivity contribution in [2.24, 2.45) is 0 Å². The summed E-state index contributed by atoms with van der Waals surface area (Å²) in [5, 5.41) is 2.58. The van der Waals surface area contributed by atoms with Gasteiger partial charge in [0.2, 0.25) is 0 Å². The Bertz CT molecular complexity index is 1180. The minimum atomic E-state index is -0.404. The molecule has 0 atom stereocenters. The molecular weight excluding hydrogens is 441 g/mol. The first kappa shape index (κ1) is 23.0. The van der Waals surface area contributed by atoms with Gasteiger partial charge in [-0.2, -0.15) is 0 Å². The van der Waals surface area contributed by atoms with E-state index in [4.69, 9.17) is 17.0 Å². The molecule has 1 fully saturated rings. The van der Waals surface area contributed by atoms with Crippen LogP contribution in [0.2, 0.25) is 0 Å². The molecule has 1 amide bonds. The molecule has 0 bridgehead atoms. The van der Waals surface area contributed by atoms with Crippen molar-refractivity contribution in [2.45, 2.75) is 58.3 Å². The minimum absolute atomic E-state index is 0.00483. The van der Waals surface area contributed by atoms with Crippen LogP contribution >= 0.6 is 24.0 Å². The number of amides is 1. The second-order valence-electron chi connectivity index (χ2n) is 9.88. The Morgan fingerprint density at radius 3 is 2.31 bits per heavy atom. The van der Waals surface area contributed by atoms with Crippen molar-refractivity contribution >= 4 is 40.3 Å². The maximum atomic E-state index is 15.9. The summed E-state index contributed by atoms with van der Waals surface area (Å²) in [6.07, 6.45) is 3.75. The van der Waals surface area contributed by atoms with Gasteiger partial charge in [-0.15, -0.1) is 0 Å². The number of halogens is 1. The highest BCUT2D eigenvalue weighted by Crippen LogP contribution is 2.49. The first-order valence-corrected chi connectivity index (χ1v) is 11.9. The number of methoxy groups -OCH3 is 1. The summed E-state index contributed by atoms with van der Waals surface area (Å²) in [5.74, 6) is -0.232. The molecule has 3 nitrogen and oxygen atoms in total. The monoisotopic (exact) mass is 469 g/mol. The lowest BCUT2D eigenvalue weighted by Gasteiger charge is -2.42. The van der Waals surface area contributed by atoms with Crippen LogP contribution in [0.5, 0.6) is 5.75 Å². The molecule has 1 aliphatic carbocycles. The van der Waals surface area contributed by atoms with Crippen molar-refractivity contribution in [2.75, 3.05) is 7.11 Å². The van der Waals surface area contributed by atoms with Gasteiger partial charge in [0.05, 0.1) is 17.6 Å². The molecular formula is C26H28FNO2S2. The number of benzene rings is 2. The van der Waals surface area contributed by atoms with Crippen molar-refractivity contribution in [3.63, 3.8) is 0 Å². The minimum Gasteiger partial charge on any atom is -0.496 e. The number of hydrogen-bond acceptors (Lipinski definition) is 4. The molecule has 0 aromatic heterocycles. The van der Waals surface area contributed by atoms with Gasteiger partial charge in [0.1, 0.15) is 15.9 Å². The molecule has 0 unspecified atom stereocenters. The Morgan fingerprint density at radius 2 is 1.75 bits per heavy atom. The van der Waals surface area contributed by atoms with E-state index in [0.29, 0.717) is 26.1 Å². The number of carbonyl (C=O) groups is 1. The van der Waals surface area contributed by atoms with E-state index >= 15 is 4.39 Å². The molecule has 1 aliphatic heterocycles. The molecule has 1 heterocycles. The first-order valence-electron chi connectivity index (χ1n) is 10.7. The lowest BCUT2D eigenvalue weighted by Crippen LogP contribution is -2.34. The van der Waals surface area contributed by atoms with Gasteiger partial charge < -0.3 is 10.1 Å². The Balaban J connectivity index is 1.93. The molecule has 1 N–H and O–H groups in total. The zero-order valence-electron chi connectivity index (χ0n) is 19.3. The quantitative estimate of drug-likeness (QED) is 0.404. The molecule has 168 valence electrons. The Morgan fingerprint density at radius 1 is 1.12 bits per heavy atom. The number of thiocarbonyl (C=S) groups is 1. The molecule has 2 aliphatic rings. The van der Waals surface area contributed by atoms with E-state index in [0.717, 1.165) is 35.7 Å². The molecule has 1 saturated heterocycles. The smallest absolute Gasteiger partial charge is 0.263 e. The van der Waals surface area contributed by atoms with Crippen molar-refractivity contribution in [1.82, 2.24) is 5.32 Å². The highest BCUT2D eigenvalue weighted by atomic mass is 32.2. The summed E-state index contributed by atoms with van der Waals surface area (Å²) in [4.78, 5) is 12.5. The van der Waals surface area contributed by atoms with Crippen LogP contribution in [0.15, 0.2) is 29.2 Å². The van der Waals surface area contributed by atoms with Crippen LogP contribution in [0.1, 0.15) is 62.8 Å². The predicted octanol–water partition coefficient (Wildman–Crippen LogP) is 6.65. The van der Waals surface area contributed by atoms with Gasteiger partial charge in [0, 0.05) is 5.56 Å². The number of fused-ring (bicyclic) bond motifs is 1. The van der Waals surface area contributed by atoms with Gasteiger partial charge in [-0.25, -0.2) is 4.39 Å². The first-order chi connectivity index (χ1) is 14.9. The van der Waals surface area contributed by atoms with E-state index in [1.807, 2.05) is 6.92 Å². The lowest BCUT2D eigenvalue weighted by atomic mass is 9.62. The Kier molecular flexibility index (Phi) is 5.74. The third kappa shape index (κ3) is 3.88. The molecule has 4 rings (SSSR count). The number of ether oxygens (including phenoxy) is 1. The van der Waals surface area contributed by atoms with E-state index in [9.17, 15) is 4.79 Å². The summed E-state index contributed by atoms with van der Waals surface area (Å²) < 4.78 is 21.9. The molecule has 0 spiro atoms. The van der Waals surface area contributed by atoms with E-state index in [-0.39, 0.29) is 16.7 Å². The number of aryl methyl sites for hydroxylation is 1. The van der Waals surface area contributed by atoms with Gasteiger partial charge in [-0.1, -0.05) is 57.7 Å². The number of rotatable bonds is 3. The zero-order chi connectivity index (χ0) is 23.4. The topological polar surface area (TPSA) is 38.3 Å². The van der Waals surface area contributed by atoms with Crippen LogP contribution in [0.3, 0.4) is 0 Å². The maximum absolute atomic E-state index is 15.9. The fourth-order valence-electron chi connectivity index (χ4n) is 4.66. The number of carbonyl (C=O) groups excluding carboxylic acids is 1. The summed E-state index contributed by atoms with van der Waals surface area (Å²) in [6.45, 7) is 11.1. The van der Waals surface area contributed by atoms with Crippen LogP contribution < -0.4 is 10.1 Å². The second kappa shape index (κ2) is 7.99. The summed E-state index contributed by atoms with van der Waals surface area (Å²) in [5.41, 5.74) is 5.26. The van der Waals surface area contributed by atoms with Crippen LogP contribution in [0.4, 0.5) is 4.39 Å². The van der Waals surface area contributed by atoms with Gasteiger partial charge in [-0.3, -0.25) is 4.79 Å². The fourth-order valence-corrected chi connectivity index (χ4v) is 5.70. The van der Waals surface area contributed by atoms with E-state index in [2.05, 4.69) is 45.1 Å². The molecule has 6 heteroatoms. The van der Waals surface area contributed by atoms with Gasteiger partial charge in [0.25, 0.3) is 5.91 Å². The molecule has 32 heavy (non-hydrogen) atoms. The highest BCUT2D eigenvalue weighted by molar-refractivity contribution is 8.26. The number of nitrogens with one attached hydrogen (secondary N) is 1. The SMILES string of the molecule is COc1ccc(/C=C2/SC(=S)NC2=O)c(F)c1-c1cc2c(cc1C)C(C)(C)CCC2(C)C. The fraction of sp³-hybridized carbons (Fsp3) is 0.385. The molecule has 0 radical (unpaired) electrons. The van der Waals surface area contributed by atoms with Crippen molar-refractivity contribution in [3.8, 4) is 16.9 Å². The van der Waals surface area contributed by atoms with Crippen molar-refractivity contribution < 1.29 is 13.9 Å². The van der Waals surface area contributed by atoms with Crippen molar-refractivity contribution in [3.05, 3.63) is 57.2 Å².